The lowest BCUT2D eigenvalue weighted by molar-refractivity contribution is 0.371. The summed E-state index contributed by atoms with van der Waals surface area (Å²) in [5.74, 6) is 0.658. The van der Waals surface area contributed by atoms with E-state index >= 15 is 0 Å². The zero-order valence-corrected chi connectivity index (χ0v) is 15.3. The van der Waals surface area contributed by atoms with Gasteiger partial charge >= 0.3 is 0 Å². The molecule has 2 heterocycles. The number of methoxy groups -OCH3 is 1. The molecular weight excluding hydrogens is 326 g/mol. The summed E-state index contributed by atoms with van der Waals surface area (Å²) in [5, 5.41) is 0. The maximum absolute atomic E-state index is 13.1. The first-order chi connectivity index (χ1) is 11.3. The number of hydrogen-bond acceptors (Lipinski definition) is 4. The van der Waals surface area contributed by atoms with E-state index in [2.05, 4.69) is 23.4 Å². The van der Waals surface area contributed by atoms with Crippen LogP contribution in [-0.2, 0) is 23.0 Å². The normalized spacial score (nSPS) is 15.5. The van der Waals surface area contributed by atoms with Gasteiger partial charge in [0.2, 0.25) is 10.0 Å². The molecule has 1 aliphatic rings. The minimum absolute atomic E-state index is 0.256. The standard InChI is InChI=1S/C17H23N3O3S/c1-12(2)20-11-18-15-7-8-19(10-16(15)20)24(21,22)17-6-5-14(23-4)9-13(17)3/h5-6,9,11-12H,7-8,10H2,1-4H3. The Morgan fingerprint density at radius 3 is 2.67 bits per heavy atom. The molecule has 0 atom stereocenters. The van der Waals surface area contributed by atoms with Crippen molar-refractivity contribution in [3.05, 3.63) is 41.5 Å². The summed E-state index contributed by atoms with van der Waals surface area (Å²) in [4.78, 5) is 4.77. The molecule has 0 N–H and O–H groups in total. The molecule has 0 bridgehead atoms. The maximum Gasteiger partial charge on any atom is 0.243 e. The zero-order chi connectivity index (χ0) is 17.5. The number of fused-ring (bicyclic) bond motifs is 1. The molecule has 0 unspecified atom stereocenters. The van der Waals surface area contributed by atoms with Crippen LogP contribution >= 0.6 is 0 Å². The molecule has 0 radical (unpaired) electrons. The van der Waals surface area contributed by atoms with Crippen molar-refractivity contribution in [2.45, 2.75) is 44.7 Å². The minimum Gasteiger partial charge on any atom is -0.497 e. The number of rotatable bonds is 4. The lowest BCUT2D eigenvalue weighted by Gasteiger charge is -2.28. The highest BCUT2D eigenvalue weighted by molar-refractivity contribution is 7.89. The number of imidazole rings is 1. The second-order valence-corrected chi connectivity index (χ2v) is 8.27. The van der Waals surface area contributed by atoms with Crippen molar-refractivity contribution in [2.24, 2.45) is 0 Å². The van der Waals surface area contributed by atoms with Crippen LogP contribution in [0.5, 0.6) is 5.75 Å². The van der Waals surface area contributed by atoms with E-state index < -0.39 is 10.0 Å². The van der Waals surface area contributed by atoms with Crippen molar-refractivity contribution in [1.82, 2.24) is 13.9 Å². The molecule has 2 aromatic rings. The van der Waals surface area contributed by atoms with Crippen molar-refractivity contribution < 1.29 is 13.2 Å². The number of aryl methyl sites for hydroxylation is 1. The van der Waals surface area contributed by atoms with Crippen LogP contribution in [0.1, 0.15) is 36.8 Å². The van der Waals surface area contributed by atoms with E-state index in [1.165, 1.54) is 0 Å². The molecule has 130 valence electrons. The van der Waals surface area contributed by atoms with Gasteiger partial charge in [-0.2, -0.15) is 4.31 Å². The zero-order valence-electron chi connectivity index (χ0n) is 14.5. The van der Waals surface area contributed by atoms with Gasteiger partial charge in [0.15, 0.2) is 0 Å². The highest BCUT2D eigenvalue weighted by Crippen LogP contribution is 2.29. The van der Waals surface area contributed by atoms with E-state index in [1.54, 1.807) is 36.5 Å². The van der Waals surface area contributed by atoms with Crippen LogP contribution in [0, 0.1) is 6.92 Å². The molecular formula is C17H23N3O3S. The van der Waals surface area contributed by atoms with Crippen molar-refractivity contribution in [3.63, 3.8) is 0 Å². The van der Waals surface area contributed by atoms with Gasteiger partial charge in [0.05, 0.1) is 36.3 Å². The summed E-state index contributed by atoms with van der Waals surface area (Å²) in [6.07, 6.45) is 2.45. The minimum atomic E-state index is -3.54. The second-order valence-electron chi connectivity index (χ2n) is 6.36. The van der Waals surface area contributed by atoms with Gasteiger partial charge in [-0.05, 0) is 44.5 Å². The van der Waals surface area contributed by atoms with Crippen LogP contribution in [0.25, 0.3) is 0 Å². The first-order valence-electron chi connectivity index (χ1n) is 8.04. The van der Waals surface area contributed by atoms with E-state index in [9.17, 15) is 8.42 Å². The van der Waals surface area contributed by atoms with Gasteiger partial charge in [0.25, 0.3) is 0 Å². The first kappa shape index (κ1) is 17.0. The summed E-state index contributed by atoms with van der Waals surface area (Å²) in [6, 6.07) is 5.32. The molecule has 0 saturated carbocycles. The smallest absolute Gasteiger partial charge is 0.243 e. The third-order valence-corrected chi connectivity index (χ3v) is 6.47. The fourth-order valence-electron chi connectivity index (χ4n) is 3.11. The Morgan fingerprint density at radius 1 is 1.29 bits per heavy atom. The van der Waals surface area contributed by atoms with E-state index in [4.69, 9.17) is 4.74 Å². The summed E-state index contributed by atoms with van der Waals surface area (Å²) in [7, 11) is -1.97. The highest BCUT2D eigenvalue weighted by Gasteiger charge is 2.32. The number of nitrogens with zero attached hydrogens (tertiary/aromatic N) is 3. The van der Waals surface area contributed by atoms with Gasteiger partial charge in [-0.1, -0.05) is 0 Å². The molecule has 24 heavy (non-hydrogen) atoms. The van der Waals surface area contributed by atoms with Crippen molar-refractivity contribution >= 4 is 10.0 Å². The van der Waals surface area contributed by atoms with Gasteiger partial charge in [0.1, 0.15) is 5.75 Å². The SMILES string of the molecule is COc1ccc(S(=O)(=O)N2CCc3ncn(C(C)C)c3C2)c(C)c1. The van der Waals surface area contributed by atoms with Crippen molar-refractivity contribution in [1.29, 1.82) is 0 Å². The van der Waals surface area contributed by atoms with E-state index in [1.807, 2.05) is 6.33 Å². The Hall–Kier alpha value is -1.86. The fourth-order valence-corrected chi connectivity index (χ4v) is 4.72. The summed E-state index contributed by atoms with van der Waals surface area (Å²) < 4.78 is 34.9. The van der Waals surface area contributed by atoms with Gasteiger partial charge in [-0.15, -0.1) is 0 Å². The van der Waals surface area contributed by atoms with Gasteiger partial charge < -0.3 is 9.30 Å². The molecule has 6 nitrogen and oxygen atoms in total. The predicted octanol–water partition coefficient (Wildman–Crippen LogP) is 2.53. The van der Waals surface area contributed by atoms with E-state index in [0.717, 1.165) is 11.4 Å². The van der Waals surface area contributed by atoms with E-state index in [0.29, 0.717) is 35.7 Å². The van der Waals surface area contributed by atoms with E-state index in [-0.39, 0.29) is 6.04 Å². The largest absolute Gasteiger partial charge is 0.497 e. The monoisotopic (exact) mass is 349 g/mol. The number of ether oxygens (including phenoxy) is 1. The number of sulfonamides is 1. The Bertz CT molecular complexity index is 856. The molecule has 0 amide bonds. The average molecular weight is 349 g/mol. The molecule has 0 spiro atoms. The Labute approximate surface area is 143 Å². The lowest BCUT2D eigenvalue weighted by Crippen LogP contribution is -2.37. The molecule has 7 heteroatoms. The molecule has 3 rings (SSSR count). The number of aromatic nitrogens is 2. The van der Waals surface area contributed by atoms with Crippen molar-refractivity contribution in [3.8, 4) is 5.75 Å². The highest BCUT2D eigenvalue weighted by atomic mass is 32.2. The van der Waals surface area contributed by atoms with Crippen LogP contribution in [-0.4, -0.2) is 35.9 Å². The van der Waals surface area contributed by atoms with Crippen LogP contribution in [0.3, 0.4) is 0 Å². The Balaban J connectivity index is 1.95. The Morgan fingerprint density at radius 2 is 2.04 bits per heavy atom. The quantitative estimate of drug-likeness (QED) is 0.851. The second kappa shape index (κ2) is 6.22. The van der Waals surface area contributed by atoms with Crippen molar-refractivity contribution in [2.75, 3.05) is 13.7 Å². The summed E-state index contributed by atoms with van der Waals surface area (Å²) >= 11 is 0. The molecule has 1 aromatic heterocycles. The van der Waals surface area contributed by atoms with Gasteiger partial charge in [-0.3, -0.25) is 0 Å². The van der Waals surface area contributed by atoms with Crippen LogP contribution < -0.4 is 4.74 Å². The summed E-state index contributed by atoms with van der Waals surface area (Å²) in [6.45, 7) is 6.76. The average Bonchev–Trinajstić information content (AvgIpc) is 2.97. The Kier molecular flexibility index (Phi) is 4.40. The summed E-state index contributed by atoms with van der Waals surface area (Å²) in [5.41, 5.74) is 2.69. The lowest BCUT2D eigenvalue weighted by atomic mass is 10.2. The predicted molar refractivity (Wildman–Crippen MR) is 91.6 cm³/mol. The third kappa shape index (κ3) is 2.82. The molecule has 0 fully saturated rings. The molecule has 1 aromatic carbocycles. The third-order valence-electron chi connectivity index (χ3n) is 4.46. The molecule has 0 aliphatic carbocycles. The maximum atomic E-state index is 13.1. The van der Waals surface area contributed by atoms with Crippen LogP contribution in [0.15, 0.2) is 29.4 Å². The number of benzene rings is 1. The van der Waals surface area contributed by atoms with Gasteiger partial charge in [0, 0.05) is 19.0 Å². The van der Waals surface area contributed by atoms with Crippen LogP contribution in [0.4, 0.5) is 0 Å². The first-order valence-corrected chi connectivity index (χ1v) is 9.48. The van der Waals surface area contributed by atoms with Gasteiger partial charge in [-0.25, -0.2) is 13.4 Å². The number of hydrogen-bond donors (Lipinski definition) is 0. The fraction of sp³-hybridized carbons (Fsp3) is 0.471. The molecule has 1 aliphatic heterocycles. The molecule has 0 saturated heterocycles. The topological polar surface area (TPSA) is 64.4 Å². The van der Waals surface area contributed by atoms with Crippen LogP contribution in [0.2, 0.25) is 0 Å².